The van der Waals surface area contributed by atoms with Crippen molar-refractivity contribution in [2.75, 3.05) is 13.6 Å². The topological polar surface area (TPSA) is 36.4 Å². The first kappa shape index (κ1) is 13.1. The Balaban J connectivity index is 2.50. The van der Waals surface area contributed by atoms with Gasteiger partial charge in [-0.05, 0) is 37.6 Å². The van der Waals surface area contributed by atoms with Crippen molar-refractivity contribution in [3.05, 3.63) is 30.1 Å². The highest BCUT2D eigenvalue weighted by Gasteiger charge is 2.23. The number of pyridine rings is 1. The molecule has 0 radical (unpaired) electrons. The SMILES string of the molecule is CCC(O)(CC)CN(C)Cc1ccncc1. The summed E-state index contributed by atoms with van der Waals surface area (Å²) >= 11 is 0. The van der Waals surface area contributed by atoms with Crippen LogP contribution >= 0.6 is 0 Å². The van der Waals surface area contributed by atoms with Crippen LogP contribution in [0.3, 0.4) is 0 Å². The zero-order valence-electron chi connectivity index (χ0n) is 10.5. The molecule has 0 aromatic carbocycles. The Hall–Kier alpha value is -0.930. The molecule has 1 rings (SSSR count). The summed E-state index contributed by atoms with van der Waals surface area (Å²) in [4.78, 5) is 6.15. The minimum atomic E-state index is -0.554. The molecule has 0 bridgehead atoms. The molecule has 0 atom stereocenters. The van der Waals surface area contributed by atoms with Crippen LogP contribution in [0, 0.1) is 0 Å². The van der Waals surface area contributed by atoms with E-state index in [0.29, 0.717) is 6.54 Å². The van der Waals surface area contributed by atoms with Crippen LogP contribution in [0.4, 0.5) is 0 Å². The fraction of sp³-hybridized carbons (Fsp3) is 0.615. The third-order valence-electron chi connectivity index (χ3n) is 3.08. The van der Waals surface area contributed by atoms with Gasteiger partial charge in [0.05, 0.1) is 5.60 Å². The van der Waals surface area contributed by atoms with Gasteiger partial charge in [0.15, 0.2) is 0 Å². The Kier molecular flexibility index (Phi) is 4.90. The minimum Gasteiger partial charge on any atom is -0.389 e. The summed E-state index contributed by atoms with van der Waals surface area (Å²) in [6.45, 7) is 5.63. The fourth-order valence-electron chi connectivity index (χ4n) is 1.83. The molecule has 1 aromatic rings. The summed E-state index contributed by atoms with van der Waals surface area (Å²) < 4.78 is 0. The monoisotopic (exact) mass is 222 g/mol. The number of hydrogen-bond donors (Lipinski definition) is 1. The summed E-state index contributed by atoms with van der Waals surface area (Å²) in [6.07, 6.45) is 5.19. The zero-order chi connectivity index (χ0) is 12.0. The lowest BCUT2D eigenvalue weighted by Gasteiger charge is -2.30. The van der Waals surface area contributed by atoms with Crippen LogP contribution in [-0.4, -0.2) is 34.2 Å². The Morgan fingerprint density at radius 1 is 1.25 bits per heavy atom. The molecule has 0 aliphatic carbocycles. The van der Waals surface area contributed by atoms with Crippen LogP contribution in [-0.2, 0) is 6.54 Å². The van der Waals surface area contributed by atoms with Crippen molar-refractivity contribution >= 4 is 0 Å². The summed E-state index contributed by atoms with van der Waals surface area (Å²) in [5.41, 5.74) is 0.675. The van der Waals surface area contributed by atoms with Crippen molar-refractivity contribution in [2.24, 2.45) is 0 Å². The van der Waals surface area contributed by atoms with Crippen LogP contribution in [0.5, 0.6) is 0 Å². The third kappa shape index (κ3) is 3.91. The predicted molar refractivity (Wildman–Crippen MR) is 66.1 cm³/mol. The van der Waals surface area contributed by atoms with Crippen LogP contribution in [0.2, 0.25) is 0 Å². The van der Waals surface area contributed by atoms with Gasteiger partial charge < -0.3 is 5.11 Å². The van der Waals surface area contributed by atoms with Crippen molar-refractivity contribution in [2.45, 2.75) is 38.8 Å². The van der Waals surface area contributed by atoms with E-state index in [-0.39, 0.29) is 0 Å². The number of aliphatic hydroxyl groups is 1. The first-order chi connectivity index (χ1) is 7.59. The highest BCUT2D eigenvalue weighted by molar-refractivity contribution is 5.09. The van der Waals surface area contributed by atoms with Crippen LogP contribution < -0.4 is 0 Å². The van der Waals surface area contributed by atoms with Gasteiger partial charge in [-0.15, -0.1) is 0 Å². The number of aromatic nitrogens is 1. The molecule has 1 N–H and O–H groups in total. The Morgan fingerprint density at radius 3 is 2.31 bits per heavy atom. The maximum absolute atomic E-state index is 10.2. The lowest BCUT2D eigenvalue weighted by Crippen LogP contribution is -2.40. The second-order valence-corrected chi connectivity index (χ2v) is 4.46. The Bertz CT molecular complexity index is 296. The standard InChI is InChI=1S/C13H22N2O/c1-4-13(16,5-2)11-15(3)10-12-6-8-14-9-7-12/h6-9,16H,4-5,10-11H2,1-3H3. The molecule has 0 aliphatic heterocycles. The van der Waals surface area contributed by atoms with Crippen molar-refractivity contribution < 1.29 is 5.11 Å². The molecule has 0 spiro atoms. The van der Waals surface area contributed by atoms with Gasteiger partial charge >= 0.3 is 0 Å². The molecular formula is C13H22N2O. The Morgan fingerprint density at radius 2 is 1.81 bits per heavy atom. The van der Waals surface area contributed by atoms with Crippen molar-refractivity contribution in [1.29, 1.82) is 0 Å². The molecular weight excluding hydrogens is 200 g/mol. The summed E-state index contributed by atoms with van der Waals surface area (Å²) in [6, 6.07) is 4.01. The summed E-state index contributed by atoms with van der Waals surface area (Å²) in [5.74, 6) is 0. The van der Waals surface area contributed by atoms with Crippen LogP contribution in [0.25, 0.3) is 0 Å². The zero-order valence-corrected chi connectivity index (χ0v) is 10.5. The number of likely N-dealkylation sites (N-methyl/N-ethyl adjacent to an activating group) is 1. The quantitative estimate of drug-likeness (QED) is 0.800. The molecule has 1 heterocycles. The van der Waals surface area contributed by atoms with Crippen LogP contribution in [0.15, 0.2) is 24.5 Å². The maximum atomic E-state index is 10.2. The summed E-state index contributed by atoms with van der Waals surface area (Å²) in [7, 11) is 2.04. The van der Waals surface area contributed by atoms with Crippen molar-refractivity contribution in [3.63, 3.8) is 0 Å². The van der Waals surface area contributed by atoms with E-state index in [1.807, 2.05) is 33.0 Å². The van der Waals surface area contributed by atoms with E-state index in [1.54, 1.807) is 12.4 Å². The van der Waals surface area contributed by atoms with Gasteiger partial charge in [-0.25, -0.2) is 0 Å². The Labute approximate surface area is 98.1 Å². The average molecular weight is 222 g/mol. The fourth-order valence-corrected chi connectivity index (χ4v) is 1.83. The van der Waals surface area contributed by atoms with Crippen LogP contribution in [0.1, 0.15) is 32.3 Å². The van der Waals surface area contributed by atoms with Gasteiger partial charge in [0.25, 0.3) is 0 Å². The highest BCUT2D eigenvalue weighted by Crippen LogP contribution is 2.16. The normalized spacial score (nSPS) is 12.1. The smallest absolute Gasteiger partial charge is 0.0768 e. The summed E-state index contributed by atoms with van der Waals surface area (Å²) in [5, 5.41) is 10.2. The second-order valence-electron chi connectivity index (χ2n) is 4.46. The van der Waals surface area contributed by atoms with E-state index in [2.05, 4.69) is 9.88 Å². The number of hydrogen-bond acceptors (Lipinski definition) is 3. The molecule has 3 nitrogen and oxygen atoms in total. The van der Waals surface area contributed by atoms with Crippen molar-refractivity contribution in [1.82, 2.24) is 9.88 Å². The molecule has 0 aliphatic rings. The second kappa shape index (κ2) is 5.97. The van der Waals surface area contributed by atoms with Gasteiger partial charge in [-0.1, -0.05) is 13.8 Å². The van der Waals surface area contributed by atoms with Gasteiger partial charge in [0.1, 0.15) is 0 Å². The van der Waals surface area contributed by atoms with E-state index < -0.39 is 5.60 Å². The molecule has 1 aromatic heterocycles. The molecule has 0 saturated heterocycles. The van der Waals surface area contributed by atoms with Crippen molar-refractivity contribution in [3.8, 4) is 0 Å². The minimum absolute atomic E-state index is 0.554. The maximum Gasteiger partial charge on any atom is 0.0768 e. The van der Waals surface area contributed by atoms with E-state index in [9.17, 15) is 5.11 Å². The van der Waals surface area contributed by atoms with E-state index in [4.69, 9.17) is 0 Å². The largest absolute Gasteiger partial charge is 0.389 e. The number of nitrogens with zero attached hydrogens (tertiary/aromatic N) is 2. The first-order valence-corrected chi connectivity index (χ1v) is 5.89. The lowest BCUT2D eigenvalue weighted by atomic mass is 9.97. The molecule has 0 saturated carbocycles. The van der Waals surface area contributed by atoms with Gasteiger partial charge in [-0.2, -0.15) is 0 Å². The first-order valence-electron chi connectivity index (χ1n) is 5.89. The van der Waals surface area contributed by atoms with E-state index >= 15 is 0 Å². The number of rotatable bonds is 6. The van der Waals surface area contributed by atoms with Gasteiger partial charge in [0.2, 0.25) is 0 Å². The molecule has 0 unspecified atom stereocenters. The highest BCUT2D eigenvalue weighted by atomic mass is 16.3. The molecule has 90 valence electrons. The average Bonchev–Trinajstić information content (AvgIpc) is 2.30. The van der Waals surface area contributed by atoms with Gasteiger partial charge in [0, 0.05) is 25.5 Å². The van der Waals surface area contributed by atoms with E-state index in [1.165, 1.54) is 5.56 Å². The molecule has 0 fully saturated rings. The van der Waals surface area contributed by atoms with E-state index in [0.717, 1.165) is 19.4 Å². The third-order valence-corrected chi connectivity index (χ3v) is 3.08. The molecule has 3 heteroatoms. The lowest BCUT2D eigenvalue weighted by molar-refractivity contribution is 0.00130. The molecule has 0 amide bonds. The predicted octanol–water partition coefficient (Wildman–Crippen LogP) is 2.06. The van der Waals surface area contributed by atoms with Gasteiger partial charge in [-0.3, -0.25) is 9.88 Å². The molecule has 16 heavy (non-hydrogen) atoms.